The molecule has 0 unspecified atom stereocenters. The van der Waals surface area contributed by atoms with E-state index in [9.17, 15) is 0 Å². The molecule has 0 aromatic heterocycles. The fraction of sp³-hybridized carbons (Fsp3) is 1.00. The summed E-state index contributed by atoms with van der Waals surface area (Å²) in [7, 11) is 0. The Hall–Kier alpha value is -0.0800. The van der Waals surface area contributed by atoms with Gasteiger partial charge in [0.2, 0.25) is 0 Å². The van der Waals surface area contributed by atoms with Crippen molar-refractivity contribution in [2.45, 2.75) is 71.6 Å². The largest absolute Gasteiger partial charge is 0.381 e. The van der Waals surface area contributed by atoms with E-state index >= 15 is 0 Å². The molecule has 0 N–H and O–H groups in total. The molecule has 0 aromatic carbocycles. The van der Waals surface area contributed by atoms with Crippen molar-refractivity contribution in [3.8, 4) is 0 Å². The maximum atomic E-state index is 5.59. The quantitative estimate of drug-likeness (QED) is 0.417. The molecule has 0 heterocycles. The number of ether oxygens (including phenoxy) is 2. The van der Waals surface area contributed by atoms with Gasteiger partial charge >= 0.3 is 0 Å². The first-order chi connectivity index (χ1) is 8.41. The first-order valence-corrected chi connectivity index (χ1v) is 7.57. The molecule has 0 aromatic rings. The second-order valence-electron chi connectivity index (χ2n) is 4.70. The van der Waals surface area contributed by atoms with Gasteiger partial charge in [-0.3, -0.25) is 0 Å². The predicted octanol–water partition coefficient (Wildman–Crippen LogP) is 4.57. The van der Waals surface area contributed by atoms with Crippen molar-refractivity contribution in [3.63, 3.8) is 0 Å². The molecule has 17 heavy (non-hydrogen) atoms. The first kappa shape index (κ1) is 16.9. The standard InChI is InChI=1S/C15H32O2/c1-3-5-6-9-14-17-15-11-8-7-10-13-16-12-4-2/h3-15H2,1-2H3. The highest BCUT2D eigenvalue weighted by atomic mass is 16.5. The molecule has 0 radical (unpaired) electrons. The van der Waals surface area contributed by atoms with Crippen molar-refractivity contribution in [1.29, 1.82) is 0 Å². The van der Waals surface area contributed by atoms with Crippen molar-refractivity contribution in [3.05, 3.63) is 0 Å². The van der Waals surface area contributed by atoms with Crippen molar-refractivity contribution in [2.24, 2.45) is 0 Å². The van der Waals surface area contributed by atoms with Crippen LogP contribution in [-0.4, -0.2) is 26.4 Å². The van der Waals surface area contributed by atoms with Gasteiger partial charge in [-0.15, -0.1) is 0 Å². The summed E-state index contributed by atoms with van der Waals surface area (Å²) in [4.78, 5) is 0. The molecule has 0 aliphatic carbocycles. The van der Waals surface area contributed by atoms with Crippen LogP contribution in [0.25, 0.3) is 0 Å². The molecule has 2 nitrogen and oxygen atoms in total. The first-order valence-electron chi connectivity index (χ1n) is 7.57. The van der Waals surface area contributed by atoms with E-state index in [1.165, 1.54) is 51.4 Å². The molecule has 0 aliphatic rings. The van der Waals surface area contributed by atoms with Gasteiger partial charge in [0.1, 0.15) is 0 Å². The van der Waals surface area contributed by atoms with Gasteiger partial charge in [-0.05, 0) is 25.7 Å². The minimum atomic E-state index is 0.918. The fourth-order valence-corrected chi connectivity index (χ4v) is 1.74. The highest BCUT2D eigenvalue weighted by molar-refractivity contribution is 4.44. The van der Waals surface area contributed by atoms with Gasteiger partial charge in [-0.2, -0.15) is 0 Å². The molecular formula is C15H32O2. The molecule has 0 rings (SSSR count). The Kier molecular flexibility index (Phi) is 15.8. The molecule has 0 atom stereocenters. The second-order valence-corrected chi connectivity index (χ2v) is 4.70. The van der Waals surface area contributed by atoms with Crippen LogP contribution in [0.2, 0.25) is 0 Å². The van der Waals surface area contributed by atoms with E-state index in [0.717, 1.165) is 32.8 Å². The summed E-state index contributed by atoms with van der Waals surface area (Å²) in [5, 5.41) is 0. The van der Waals surface area contributed by atoms with Crippen molar-refractivity contribution >= 4 is 0 Å². The van der Waals surface area contributed by atoms with Crippen LogP contribution in [0.15, 0.2) is 0 Å². The topological polar surface area (TPSA) is 18.5 Å². The Morgan fingerprint density at radius 1 is 0.471 bits per heavy atom. The van der Waals surface area contributed by atoms with Gasteiger partial charge in [0, 0.05) is 26.4 Å². The fourth-order valence-electron chi connectivity index (χ4n) is 1.74. The van der Waals surface area contributed by atoms with Gasteiger partial charge in [0.15, 0.2) is 0 Å². The Morgan fingerprint density at radius 3 is 1.41 bits per heavy atom. The van der Waals surface area contributed by atoms with Crippen LogP contribution >= 0.6 is 0 Å². The highest BCUT2D eigenvalue weighted by Gasteiger charge is 1.92. The third kappa shape index (κ3) is 15.9. The zero-order chi connectivity index (χ0) is 12.6. The van der Waals surface area contributed by atoms with E-state index in [-0.39, 0.29) is 0 Å². The van der Waals surface area contributed by atoms with Crippen molar-refractivity contribution in [2.75, 3.05) is 26.4 Å². The summed E-state index contributed by atoms with van der Waals surface area (Å²) in [5.74, 6) is 0. The SMILES string of the molecule is CCCCCCOCCCCCCOCCC. The van der Waals surface area contributed by atoms with E-state index in [1.54, 1.807) is 0 Å². The maximum Gasteiger partial charge on any atom is 0.0466 e. The van der Waals surface area contributed by atoms with Gasteiger partial charge in [-0.25, -0.2) is 0 Å². The smallest absolute Gasteiger partial charge is 0.0466 e. The molecular weight excluding hydrogens is 212 g/mol. The Balaban J connectivity index is 2.85. The third-order valence-electron chi connectivity index (χ3n) is 2.82. The number of rotatable bonds is 14. The summed E-state index contributed by atoms with van der Waals surface area (Å²) >= 11 is 0. The summed E-state index contributed by atoms with van der Waals surface area (Å²) in [5.41, 5.74) is 0. The molecule has 0 bridgehead atoms. The van der Waals surface area contributed by atoms with E-state index in [4.69, 9.17) is 9.47 Å². The number of hydrogen-bond acceptors (Lipinski definition) is 2. The van der Waals surface area contributed by atoms with Crippen LogP contribution in [0, 0.1) is 0 Å². The summed E-state index contributed by atoms with van der Waals surface area (Å²) in [6.45, 7) is 8.15. The lowest BCUT2D eigenvalue weighted by Gasteiger charge is -2.04. The Labute approximate surface area is 108 Å². The van der Waals surface area contributed by atoms with Crippen LogP contribution in [0.3, 0.4) is 0 Å². The second kappa shape index (κ2) is 15.9. The van der Waals surface area contributed by atoms with Gasteiger partial charge in [0.25, 0.3) is 0 Å². The lowest BCUT2D eigenvalue weighted by atomic mass is 10.2. The maximum absolute atomic E-state index is 5.59. The van der Waals surface area contributed by atoms with E-state index in [1.807, 2.05) is 0 Å². The molecule has 0 aliphatic heterocycles. The normalized spacial score (nSPS) is 10.9. The van der Waals surface area contributed by atoms with Gasteiger partial charge in [-0.1, -0.05) is 46.0 Å². The Morgan fingerprint density at radius 2 is 0.941 bits per heavy atom. The van der Waals surface area contributed by atoms with Crippen molar-refractivity contribution < 1.29 is 9.47 Å². The third-order valence-corrected chi connectivity index (χ3v) is 2.82. The van der Waals surface area contributed by atoms with E-state index in [2.05, 4.69) is 13.8 Å². The molecule has 0 saturated heterocycles. The van der Waals surface area contributed by atoms with E-state index < -0.39 is 0 Å². The minimum Gasteiger partial charge on any atom is -0.381 e. The van der Waals surface area contributed by atoms with Gasteiger partial charge < -0.3 is 9.47 Å². The molecule has 2 heteroatoms. The minimum absolute atomic E-state index is 0.918. The Bertz CT molecular complexity index is 112. The van der Waals surface area contributed by atoms with Crippen LogP contribution in [0.5, 0.6) is 0 Å². The lowest BCUT2D eigenvalue weighted by Crippen LogP contribution is -1.98. The van der Waals surface area contributed by atoms with Crippen LogP contribution in [0.1, 0.15) is 71.6 Å². The van der Waals surface area contributed by atoms with E-state index in [0.29, 0.717) is 0 Å². The summed E-state index contributed by atoms with van der Waals surface area (Å²) < 4.78 is 11.0. The van der Waals surface area contributed by atoms with Crippen LogP contribution < -0.4 is 0 Å². The van der Waals surface area contributed by atoms with Crippen LogP contribution in [0.4, 0.5) is 0 Å². The molecule has 0 amide bonds. The lowest BCUT2D eigenvalue weighted by molar-refractivity contribution is 0.119. The zero-order valence-electron chi connectivity index (χ0n) is 12.0. The summed E-state index contributed by atoms with van der Waals surface area (Å²) in [6, 6.07) is 0. The molecule has 0 saturated carbocycles. The van der Waals surface area contributed by atoms with Gasteiger partial charge in [0.05, 0.1) is 0 Å². The summed E-state index contributed by atoms with van der Waals surface area (Å²) in [6.07, 6.45) is 11.3. The number of unbranched alkanes of at least 4 members (excludes halogenated alkanes) is 6. The molecule has 104 valence electrons. The zero-order valence-corrected chi connectivity index (χ0v) is 12.0. The monoisotopic (exact) mass is 244 g/mol. The molecule has 0 spiro atoms. The van der Waals surface area contributed by atoms with Crippen molar-refractivity contribution in [1.82, 2.24) is 0 Å². The average molecular weight is 244 g/mol. The number of hydrogen-bond donors (Lipinski definition) is 0. The molecule has 0 fully saturated rings. The predicted molar refractivity (Wildman–Crippen MR) is 74.5 cm³/mol. The van der Waals surface area contributed by atoms with Crippen LogP contribution in [-0.2, 0) is 9.47 Å². The highest BCUT2D eigenvalue weighted by Crippen LogP contribution is 2.02. The average Bonchev–Trinajstić information content (AvgIpc) is 2.35.